The minimum Gasteiger partial charge on any atom is -0.457 e. The summed E-state index contributed by atoms with van der Waals surface area (Å²) in [6.07, 6.45) is 0. The quantitative estimate of drug-likeness (QED) is 0.832. The minimum atomic E-state index is 0.566. The third-order valence-electron chi connectivity index (χ3n) is 2.84. The van der Waals surface area contributed by atoms with Crippen LogP contribution in [-0.4, -0.2) is 7.11 Å². The highest BCUT2D eigenvalue weighted by atomic mass is 16.5. The zero-order valence-corrected chi connectivity index (χ0v) is 11.0. The molecule has 2 rings (SSSR count). The first kappa shape index (κ1) is 13.1. The molecule has 2 aromatic rings. The van der Waals surface area contributed by atoms with Crippen LogP contribution in [0.4, 0.5) is 0 Å². The fraction of sp³-hybridized carbons (Fsp3) is 0.188. The lowest BCUT2D eigenvalue weighted by Crippen LogP contribution is -1.93. The summed E-state index contributed by atoms with van der Waals surface area (Å²) in [5.41, 5.74) is 2.90. The molecule has 0 saturated carbocycles. The molecule has 19 heavy (non-hydrogen) atoms. The Morgan fingerprint density at radius 3 is 2.37 bits per heavy atom. The molecule has 0 bridgehead atoms. The monoisotopic (exact) mass is 253 g/mol. The molecule has 0 aliphatic rings. The van der Waals surface area contributed by atoms with Gasteiger partial charge < -0.3 is 9.47 Å². The molecule has 0 aromatic heterocycles. The Morgan fingerprint density at radius 2 is 1.74 bits per heavy atom. The summed E-state index contributed by atoms with van der Waals surface area (Å²) in [6.45, 7) is 2.61. The van der Waals surface area contributed by atoms with Gasteiger partial charge in [-0.2, -0.15) is 5.26 Å². The van der Waals surface area contributed by atoms with E-state index in [0.29, 0.717) is 17.9 Å². The Morgan fingerprint density at radius 1 is 1.05 bits per heavy atom. The lowest BCUT2D eigenvalue weighted by molar-refractivity contribution is 0.184. The molecule has 0 heterocycles. The molecule has 0 unspecified atom stereocenters. The van der Waals surface area contributed by atoms with Crippen molar-refractivity contribution in [2.75, 3.05) is 7.11 Å². The molecule has 0 spiro atoms. The van der Waals surface area contributed by atoms with Gasteiger partial charge in [-0.3, -0.25) is 0 Å². The zero-order valence-electron chi connectivity index (χ0n) is 11.0. The van der Waals surface area contributed by atoms with E-state index in [9.17, 15) is 0 Å². The van der Waals surface area contributed by atoms with Crippen LogP contribution in [0.3, 0.4) is 0 Å². The SMILES string of the molecule is COCc1cc(Oc2ccc(C#N)cc2)ccc1C. The van der Waals surface area contributed by atoms with E-state index in [2.05, 4.69) is 6.07 Å². The van der Waals surface area contributed by atoms with Gasteiger partial charge in [-0.15, -0.1) is 0 Å². The van der Waals surface area contributed by atoms with Crippen LogP contribution in [0.25, 0.3) is 0 Å². The smallest absolute Gasteiger partial charge is 0.127 e. The molecule has 96 valence electrons. The first-order valence-corrected chi connectivity index (χ1v) is 5.99. The highest BCUT2D eigenvalue weighted by Gasteiger charge is 2.02. The molecule has 2 aromatic carbocycles. The van der Waals surface area contributed by atoms with Crippen LogP contribution in [0.15, 0.2) is 42.5 Å². The molecule has 3 nitrogen and oxygen atoms in total. The second-order valence-electron chi connectivity index (χ2n) is 4.26. The van der Waals surface area contributed by atoms with Crippen molar-refractivity contribution < 1.29 is 9.47 Å². The number of methoxy groups -OCH3 is 1. The molecular weight excluding hydrogens is 238 g/mol. The average Bonchev–Trinajstić information content (AvgIpc) is 2.44. The highest BCUT2D eigenvalue weighted by Crippen LogP contribution is 2.24. The summed E-state index contributed by atoms with van der Waals surface area (Å²) >= 11 is 0. The summed E-state index contributed by atoms with van der Waals surface area (Å²) in [5.74, 6) is 1.48. The molecule has 0 N–H and O–H groups in total. The van der Waals surface area contributed by atoms with Crippen molar-refractivity contribution >= 4 is 0 Å². The first-order chi connectivity index (χ1) is 9.22. The number of nitriles is 1. The number of hydrogen-bond donors (Lipinski definition) is 0. The fourth-order valence-corrected chi connectivity index (χ4v) is 1.76. The van der Waals surface area contributed by atoms with Crippen molar-refractivity contribution in [1.29, 1.82) is 5.26 Å². The van der Waals surface area contributed by atoms with Gasteiger partial charge in [0.25, 0.3) is 0 Å². The third-order valence-corrected chi connectivity index (χ3v) is 2.84. The lowest BCUT2D eigenvalue weighted by Gasteiger charge is -2.09. The largest absolute Gasteiger partial charge is 0.457 e. The van der Waals surface area contributed by atoms with Gasteiger partial charge in [-0.25, -0.2) is 0 Å². The number of aryl methyl sites for hydroxylation is 1. The number of nitrogens with zero attached hydrogens (tertiary/aromatic N) is 1. The molecule has 0 aliphatic carbocycles. The normalized spacial score (nSPS) is 9.95. The van der Waals surface area contributed by atoms with E-state index in [1.807, 2.05) is 25.1 Å². The summed E-state index contributed by atoms with van der Waals surface area (Å²) in [6, 6.07) is 15.0. The van der Waals surface area contributed by atoms with Crippen LogP contribution in [0, 0.1) is 18.3 Å². The van der Waals surface area contributed by atoms with Crippen molar-refractivity contribution in [2.45, 2.75) is 13.5 Å². The van der Waals surface area contributed by atoms with Crippen LogP contribution in [0.5, 0.6) is 11.5 Å². The van der Waals surface area contributed by atoms with Gasteiger partial charge in [0.2, 0.25) is 0 Å². The van der Waals surface area contributed by atoms with Gasteiger partial charge in [0.15, 0.2) is 0 Å². The van der Waals surface area contributed by atoms with E-state index in [0.717, 1.165) is 11.3 Å². The predicted molar refractivity (Wildman–Crippen MR) is 73.1 cm³/mol. The number of rotatable bonds is 4. The Labute approximate surface area is 113 Å². The number of hydrogen-bond acceptors (Lipinski definition) is 3. The minimum absolute atomic E-state index is 0.566. The van der Waals surface area contributed by atoms with E-state index in [1.165, 1.54) is 5.56 Å². The molecule has 3 heteroatoms. The zero-order chi connectivity index (χ0) is 13.7. The molecule has 0 saturated heterocycles. The second-order valence-corrected chi connectivity index (χ2v) is 4.26. The van der Waals surface area contributed by atoms with Gasteiger partial charge in [-0.05, 0) is 54.4 Å². The molecule has 0 aliphatic heterocycles. The van der Waals surface area contributed by atoms with Gasteiger partial charge in [0, 0.05) is 7.11 Å². The number of ether oxygens (including phenoxy) is 2. The number of benzene rings is 2. The third kappa shape index (κ3) is 3.34. The summed E-state index contributed by atoms with van der Waals surface area (Å²) in [4.78, 5) is 0. The molecule has 0 fully saturated rings. The fourth-order valence-electron chi connectivity index (χ4n) is 1.76. The van der Waals surface area contributed by atoms with Gasteiger partial charge >= 0.3 is 0 Å². The molecule has 0 radical (unpaired) electrons. The van der Waals surface area contributed by atoms with Crippen molar-refractivity contribution in [1.82, 2.24) is 0 Å². The maximum absolute atomic E-state index is 8.74. The van der Waals surface area contributed by atoms with E-state index in [1.54, 1.807) is 31.4 Å². The van der Waals surface area contributed by atoms with Crippen LogP contribution in [0.1, 0.15) is 16.7 Å². The van der Waals surface area contributed by atoms with Crippen molar-refractivity contribution in [3.05, 3.63) is 59.2 Å². The predicted octanol–water partition coefficient (Wildman–Crippen LogP) is 3.81. The second kappa shape index (κ2) is 6.03. The Kier molecular flexibility index (Phi) is 4.17. The van der Waals surface area contributed by atoms with E-state index in [4.69, 9.17) is 14.7 Å². The van der Waals surface area contributed by atoms with Crippen LogP contribution in [-0.2, 0) is 11.3 Å². The van der Waals surface area contributed by atoms with E-state index < -0.39 is 0 Å². The van der Waals surface area contributed by atoms with Crippen LogP contribution < -0.4 is 4.74 Å². The summed E-state index contributed by atoms with van der Waals surface area (Å²) < 4.78 is 10.9. The van der Waals surface area contributed by atoms with Gasteiger partial charge in [-0.1, -0.05) is 6.07 Å². The first-order valence-electron chi connectivity index (χ1n) is 5.99. The van der Waals surface area contributed by atoms with E-state index >= 15 is 0 Å². The molecular formula is C16H15NO2. The van der Waals surface area contributed by atoms with E-state index in [-0.39, 0.29) is 0 Å². The van der Waals surface area contributed by atoms with Gasteiger partial charge in [0.1, 0.15) is 11.5 Å². The standard InChI is InChI=1S/C16H15NO2/c1-12-3-6-16(9-14(12)11-18-2)19-15-7-4-13(10-17)5-8-15/h3-9H,11H2,1-2H3. The lowest BCUT2D eigenvalue weighted by atomic mass is 10.1. The van der Waals surface area contributed by atoms with Crippen molar-refractivity contribution in [3.8, 4) is 17.6 Å². The molecule has 0 amide bonds. The van der Waals surface area contributed by atoms with Gasteiger partial charge in [0.05, 0.1) is 18.2 Å². The highest BCUT2D eigenvalue weighted by molar-refractivity contribution is 5.40. The average molecular weight is 253 g/mol. The Bertz CT molecular complexity index is 597. The summed E-state index contributed by atoms with van der Waals surface area (Å²) in [7, 11) is 1.67. The Balaban J connectivity index is 2.18. The summed E-state index contributed by atoms with van der Waals surface area (Å²) in [5, 5.41) is 8.74. The molecule has 0 atom stereocenters. The maximum atomic E-state index is 8.74. The van der Waals surface area contributed by atoms with Crippen LogP contribution >= 0.6 is 0 Å². The van der Waals surface area contributed by atoms with Crippen molar-refractivity contribution in [2.24, 2.45) is 0 Å². The van der Waals surface area contributed by atoms with Crippen molar-refractivity contribution in [3.63, 3.8) is 0 Å². The van der Waals surface area contributed by atoms with Crippen LogP contribution in [0.2, 0.25) is 0 Å². The maximum Gasteiger partial charge on any atom is 0.127 e. The Hall–Kier alpha value is -2.31. The topological polar surface area (TPSA) is 42.2 Å².